The van der Waals surface area contributed by atoms with Crippen molar-refractivity contribution in [1.82, 2.24) is 4.90 Å². The lowest BCUT2D eigenvalue weighted by atomic mass is 10.0. The number of para-hydroxylation sites is 2. The lowest BCUT2D eigenvalue weighted by molar-refractivity contribution is 0.102. The first kappa shape index (κ1) is 16.5. The number of piperidine rings is 1. The zero-order chi connectivity index (χ0) is 16.9. The number of nitrogens with one attached hydrogen (secondary N) is 2. The van der Waals surface area contributed by atoms with Crippen LogP contribution in [0, 0.1) is 5.82 Å². The van der Waals surface area contributed by atoms with Gasteiger partial charge in [0.1, 0.15) is 5.82 Å². The van der Waals surface area contributed by atoms with Crippen LogP contribution < -0.4 is 10.6 Å². The van der Waals surface area contributed by atoms with E-state index in [0.29, 0.717) is 11.6 Å². The second-order valence-corrected chi connectivity index (χ2v) is 6.23. The zero-order valence-corrected chi connectivity index (χ0v) is 13.8. The summed E-state index contributed by atoms with van der Waals surface area (Å²) in [5.41, 5.74) is 2.10. The van der Waals surface area contributed by atoms with Crippen molar-refractivity contribution in [3.63, 3.8) is 0 Å². The van der Waals surface area contributed by atoms with Crippen LogP contribution in [0.3, 0.4) is 0 Å². The van der Waals surface area contributed by atoms with Crippen LogP contribution in [0.4, 0.5) is 15.8 Å². The largest absolute Gasteiger partial charge is 0.381 e. The Morgan fingerprint density at radius 2 is 1.67 bits per heavy atom. The van der Waals surface area contributed by atoms with Crippen molar-refractivity contribution in [3.05, 3.63) is 59.9 Å². The third kappa shape index (κ3) is 4.11. The summed E-state index contributed by atoms with van der Waals surface area (Å²) in [6.45, 7) is 2.14. The molecule has 2 N–H and O–H groups in total. The van der Waals surface area contributed by atoms with Crippen molar-refractivity contribution in [3.8, 4) is 0 Å². The van der Waals surface area contributed by atoms with Gasteiger partial charge in [-0.15, -0.1) is 0 Å². The third-order valence-electron chi connectivity index (χ3n) is 4.36. The van der Waals surface area contributed by atoms with E-state index in [0.717, 1.165) is 37.3 Å². The predicted octanol–water partition coefficient (Wildman–Crippen LogP) is 3.58. The maximum Gasteiger partial charge on any atom is 0.255 e. The molecule has 0 saturated carbocycles. The van der Waals surface area contributed by atoms with Gasteiger partial charge in [0.05, 0.1) is 11.4 Å². The molecule has 0 bridgehead atoms. The number of hydrogen-bond acceptors (Lipinski definition) is 3. The Labute approximate surface area is 141 Å². The van der Waals surface area contributed by atoms with Crippen molar-refractivity contribution in [2.45, 2.75) is 18.9 Å². The second-order valence-electron chi connectivity index (χ2n) is 6.23. The van der Waals surface area contributed by atoms with Crippen molar-refractivity contribution in [2.75, 3.05) is 30.8 Å². The normalized spacial score (nSPS) is 15.9. The number of anilines is 2. The van der Waals surface area contributed by atoms with Crippen LogP contribution >= 0.6 is 0 Å². The molecule has 1 saturated heterocycles. The lowest BCUT2D eigenvalue weighted by Gasteiger charge is -2.30. The minimum absolute atomic E-state index is 0.243. The van der Waals surface area contributed by atoms with E-state index in [-0.39, 0.29) is 11.7 Å². The molecule has 1 aliphatic heterocycles. The number of amides is 1. The number of nitrogens with zero attached hydrogens (tertiary/aromatic N) is 1. The van der Waals surface area contributed by atoms with E-state index in [1.165, 1.54) is 24.3 Å². The molecule has 0 radical (unpaired) electrons. The average Bonchev–Trinajstić information content (AvgIpc) is 2.59. The Kier molecular flexibility index (Phi) is 5.11. The van der Waals surface area contributed by atoms with Gasteiger partial charge in [-0.1, -0.05) is 12.1 Å². The van der Waals surface area contributed by atoms with Crippen molar-refractivity contribution in [1.29, 1.82) is 0 Å². The van der Waals surface area contributed by atoms with Gasteiger partial charge in [0.15, 0.2) is 0 Å². The second kappa shape index (κ2) is 7.45. The molecule has 126 valence electrons. The molecule has 0 spiro atoms. The summed E-state index contributed by atoms with van der Waals surface area (Å²) in [4.78, 5) is 14.7. The van der Waals surface area contributed by atoms with Crippen molar-refractivity contribution < 1.29 is 9.18 Å². The first-order valence-electron chi connectivity index (χ1n) is 8.23. The molecule has 2 aromatic carbocycles. The maximum absolute atomic E-state index is 13.0. The fraction of sp³-hybridized carbons (Fsp3) is 0.316. The highest BCUT2D eigenvalue weighted by molar-refractivity contribution is 6.05. The molecule has 1 heterocycles. The number of likely N-dealkylation sites (tertiary alicyclic amines) is 1. The Bertz CT molecular complexity index is 694. The third-order valence-corrected chi connectivity index (χ3v) is 4.36. The summed E-state index contributed by atoms with van der Waals surface area (Å²) in [5, 5.41) is 6.44. The number of carbonyl (C=O) groups excluding carboxylic acids is 1. The SMILES string of the molecule is CN1CCC(Nc2ccccc2NC(=O)c2ccc(F)cc2)CC1. The van der Waals surface area contributed by atoms with Crippen LogP contribution in [-0.4, -0.2) is 37.0 Å². The molecule has 0 aromatic heterocycles. The quantitative estimate of drug-likeness (QED) is 0.902. The van der Waals surface area contributed by atoms with Gasteiger partial charge in [-0.2, -0.15) is 0 Å². The Hall–Kier alpha value is -2.40. The molecule has 24 heavy (non-hydrogen) atoms. The number of rotatable bonds is 4. The molecule has 0 atom stereocenters. The van der Waals surface area contributed by atoms with Crippen LogP contribution in [-0.2, 0) is 0 Å². The molecule has 5 heteroatoms. The highest BCUT2D eigenvalue weighted by Crippen LogP contribution is 2.25. The van der Waals surface area contributed by atoms with Crippen molar-refractivity contribution >= 4 is 17.3 Å². The van der Waals surface area contributed by atoms with Crippen LogP contribution in [0.5, 0.6) is 0 Å². The fourth-order valence-electron chi connectivity index (χ4n) is 2.89. The molecular weight excluding hydrogens is 305 g/mol. The first-order valence-corrected chi connectivity index (χ1v) is 8.23. The van der Waals surface area contributed by atoms with Gasteiger partial charge in [-0.3, -0.25) is 4.79 Å². The maximum atomic E-state index is 13.0. The summed E-state index contributed by atoms with van der Waals surface area (Å²) in [6, 6.07) is 13.6. The molecule has 2 aromatic rings. The standard InChI is InChI=1S/C19H22FN3O/c1-23-12-10-16(11-13-23)21-17-4-2-3-5-18(17)22-19(24)14-6-8-15(20)9-7-14/h2-9,16,21H,10-13H2,1H3,(H,22,24). The van der Waals surface area contributed by atoms with E-state index < -0.39 is 0 Å². The van der Waals surface area contributed by atoms with E-state index in [1.807, 2.05) is 24.3 Å². The minimum Gasteiger partial charge on any atom is -0.381 e. The molecule has 1 aliphatic rings. The molecule has 0 aliphatic carbocycles. The number of benzene rings is 2. The van der Waals surface area contributed by atoms with E-state index in [1.54, 1.807) is 0 Å². The van der Waals surface area contributed by atoms with E-state index in [9.17, 15) is 9.18 Å². The van der Waals surface area contributed by atoms with E-state index in [4.69, 9.17) is 0 Å². The highest BCUT2D eigenvalue weighted by atomic mass is 19.1. The Morgan fingerprint density at radius 1 is 1.04 bits per heavy atom. The van der Waals surface area contributed by atoms with Crippen LogP contribution in [0.1, 0.15) is 23.2 Å². The van der Waals surface area contributed by atoms with Gasteiger partial charge >= 0.3 is 0 Å². The number of hydrogen-bond donors (Lipinski definition) is 2. The van der Waals surface area contributed by atoms with Crippen LogP contribution in [0.2, 0.25) is 0 Å². The van der Waals surface area contributed by atoms with Crippen LogP contribution in [0.15, 0.2) is 48.5 Å². The molecule has 1 fully saturated rings. The Balaban J connectivity index is 1.69. The highest BCUT2D eigenvalue weighted by Gasteiger charge is 2.17. The molecule has 1 amide bonds. The van der Waals surface area contributed by atoms with Gasteiger partial charge in [0.2, 0.25) is 0 Å². The van der Waals surface area contributed by atoms with Crippen molar-refractivity contribution in [2.24, 2.45) is 0 Å². The minimum atomic E-state index is -0.351. The molecule has 3 rings (SSSR count). The zero-order valence-electron chi connectivity index (χ0n) is 13.8. The predicted molar refractivity (Wildman–Crippen MR) is 94.9 cm³/mol. The molecule has 0 unspecified atom stereocenters. The van der Waals surface area contributed by atoms with Gasteiger partial charge < -0.3 is 15.5 Å². The van der Waals surface area contributed by atoms with E-state index >= 15 is 0 Å². The lowest BCUT2D eigenvalue weighted by Crippen LogP contribution is -2.36. The Morgan fingerprint density at radius 3 is 2.33 bits per heavy atom. The van der Waals surface area contributed by atoms with Crippen LogP contribution in [0.25, 0.3) is 0 Å². The van der Waals surface area contributed by atoms with Gasteiger partial charge in [0.25, 0.3) is 5.91 Å². The summed E-state index contributed by atoms with van der Waals surface area (Å²) >= 11 is 0. The smallest absolute Gasteiger partial charge is 0.255 e. The first-order chi connectivity index (χ1) is 11.6. The average molecular weight is 327 g/mol. The molecule has 4 nitrogen and oxygen atoms in total. The summed E-state index contributed by atoms with van der Waals surface area (Å²) in [7, 11) is 2.13. The number of halogens is 1. The monoisotopic (exact) mass is 327 g/mol. The van der Waals surface area contributed by atoms with Gasteiger partial charge in [-0.05, 0) is 69.4 Å². The molecular formula is C19H22FN3O. The van der Waals surface area contributed by atoms with Gasteiger partial charge in [0, 0.05) is 11.6 Å². The fourth-order valence-corrected chi connectivity index (χ4v) is 2.89. The summed E-state index contributed by atoms with van der Waals surface area (Å²) < 4.78 is 13.0. The van der Waals surface area contributed by atoms with E-state index in [2.05, 4.69) is 22.6 Å². The van der Waals surface area contributed by atoms with Gasteiger partial charge in [-0.25, -0.2) is 4.39 Å². The summed E-state index contributed by atoms with van der Waals surface area (Å²) in [5.74, 6) is -0.594. The number of carbonyl (C=O) groups is 1. The topological polar surface area (TPSA) is 44.4 Å². The summed E-state index contributed by atoms with van der Waals surface area (Å²) in [6.07, 6.45) is 2.16.